The molecule has 0 aromatic heterocycles. The zero-order valence-corrected chi connectivity index (χ0v) is 25.8. The first-order chi connectivity index (χ1) is 20.1. The van der Waals surface area contributed by atoms with Crippen LogP contribution in [0.2, 0.25) is 0 Å². The van der Waals surface area contributed by atoms with Crippen molar-refractivity contribution in [3.8, 4) is 11.1 Å². The molecule has 212 valence electrons. The number of aryl methyl sites for hydroxylation is 2. The number of rotatable bonds is 13. The summed E-state index contributed by atoms with van der Waals surface area (Å²) < 4.78 is 0. The van der Waals surface area contributed by atoms with E-state index >= 15 is 0 Å². The Bertz CT molecular complexity index is 1440. The first kappa shape index (κ1) is 29.1. The highest BCUT2D eigenvalue weighted by Gasteiger charge is 2.42. The first-order valence-electron chi connectivity index (χ1n) is 16.2. The molecule has 5 rings (SSSR count). The number of hydrogen-bond donors (Lipinski definition) is 0. The molecule has 4 aromatic carbocycles. The molecule has 0 heteroatoms. The van der Waals surface area contributed by atoms with Gasteiger partial charge in [0.25, 0.3) is 0 Å². The van der Waals surface area contributed by atoms with Crippen molar-refractivity contribution in [2.75, 3.05) is 0 Å². The van der Waals surface area contributed by atoms with Crippen molar-refractivity contribution >= 4 is 11.6 Å². The smallest absolute Gasteiger partial charge is 0.0215 e. The molecule has 41 heavy (non-hydrogen) atoms. The molecule has 1 aliphatic rings. The molecule has 4 aromatic rings. The van der Waals surface area contributed by atoms with Gasteiger partial charge in [-0.3, -0.25) is 0 Å². The summed E-state index contributed by atoms with van der Waals surface area (Å²) in [7, 11) is 0. The van der Waals surface area contributed by atoms with Gasteiger partial charge in [-0.05, 0) is 83.3 Å². The Morgan fingerprint density at radius 1 is 0.561 bits per heavy atom. The Morgan fingerprint density at radius 2 is 1.12 bits per heavy atom. The highest BCUT2D eigenvalue weighted by atomic mass is 14.4. The van der Waals surface area contributed by atoms with Gasteiger partial charge in [0.15, 0.2) is 0 Å². The van der Waals surface area contributed by atoms with Crippen LogP contribution in [0.25, 0.3) is 22.8 Å². The molecule has 0 amide bonds. The zero-order chi connectivity index (χ0) is 28.7. The largest absolute Gasteiger partial charge is 0.0654 e. The van der Waals surface area contributed by atoms with E-state index in [1.165, 1.54) is 109 Å². The molecule has 0 heterocycles. The van der Waals surface area contributed by atoms with E-state index in [4.69, 9.17) is 0 Å². The van der Waals surface area contributed by atoms with E-state index in [-0.39, 0.29) is 5.41 Å². The van der Waals surface area contributed by atoms with Crippen LogP contribution in [-0.2, 0) is 5.41 Å². The van der Waals surface area contributed by atoms with Crippen LogP contribution in [0.3, 0.4) is 0 Å². The predicted octanol–water partition coefficient (Wildman–Crippen LogP) is 12.1. The Balaban J connectivity index is 1.65. The maximum atomic E-state index is 2.58. The van der Waals surface area contributed by atoms with Crippen LogP contribution < -0.4 is 0 Å². The summed E-state index contributed by atoms with van der Waals surface area (Å²) in [4.78, 5) is 0. The van der Waals surface area contributed by atoms with Crippen molar-refractivity contribution in [3.63, 3.8) is 0 Å². The van der Waals surface area contributed by atoms with Gasteiger partial charge >= 0.3 is 0 Å². The second-order valence-corrected chi connectivity index (χ2v) is 12.3. The molecule has 0 bridgehead atoms. The van der Waals surface area contributed by atoms with E-state index in [1.54, 1.807) is 11.1 Å². The van der Waals surface area contributed by atoms with Crippen LogP contribution in [0.15, 0.2) is 91.0 Å². The molecule has 0 radical (unpaired) electrons. The maximum Gasteiger partial charge on any atom is 0.0215 e. The van der Waals surface area contributed by atoms with Crippen LogP contribution in [0.4, 0.5) is 0 Å². The average Bonchev–Trinajstić information content (AvgIpc) is 3.27. The average molecular weight is 541 g/mol. The molecular formula is C41H48. The standard InChI is InChI=1S/C41H48/c1-5-7-9-13-27-41(28-14-10-8-6-2)39-16-12-11-15-36(39)37-26-25-35(30-40(37)41)38(34-23-19-32(4)20-24-34)29-33-21-17-31(3)18-22-33/h11-12,15-26,29-30H,5-10,13-14,27-28H2,1-4H3/b38-29-. The molecule has 0 saturated carbocycles. The molecule has 0 atom stereocenters. The summed E-state index contributed by atoms with van der Waals surface area (Å²) in [5.41, 5.74) is 13.9. The van der Waals surface area contributed by atoms with Crippen molar-refractivity contribution < 1.29 is 0 Å². The molecule has 0 aliphatic heterocycles. The van der Waals surface area contributed by atoms with Gasteiger partial charge in [0.1, 0.15) is 0 Å². The van der Waals surface area contributed by atoms with Crippen molar-refractivity contribution in [2.45, 2.75) is 97.3 Å². The molecule has 0 fully saturated rings. The van der Waals surface area contributed by atoms with Gasteiger partial charge in [0.2, 0.25) is 0 Å². The fourth-order valence-corrected chi connectivity index (χ4v) is 6.89. The Morgan fingerprint density at radius 3 is 1.76 bits per heavy atom. The summed E-state index contributed by atoms with van der Waals surface area (Å²) in [6.45, 7) is 8.97. The topological polar surface area (TPSA) is 0 Å². The normalized spacial score (nSPS) is 13.7. The van der Waals surface area contributed by atoms with E-state index < -0.39 is 0 Å². The molecule has 1 aliphatic carbocycles. The number of hydrogen-bond acceptors (Lipinski definition) is 0. The molecular weight excluding hydrogens is 492 g/mol. The van der Waals surface area contributed by atoms with Crippen LogP contribution in [0.1, 0.15) is 117 Å². The Labute approximate surface area is 249 Å². The summed E-state index contributed by atoms with van der Waals surface area (Å²) in [5.74, 6) is 0. The lowest BCUT2D eigenvalue weighted by atomic mass is 9.70. The fraction of sp³-hybridized carbons (Fsp3) is 0.366. The third kappa shape index (κ3) is 6.43. The minimum atomic E-state index is 0.103. The maximum absolute atomic E-state index is 2.58. The van der Waals surface area contributed by atoms with Gasteiger partial charge in [0, 0.05) is 5.41 Å². The van der Waals surface area contributed by atoms with Crippen molar-refractivity contribution in [1.82, 2.24) is 0 Å². The Kier molecular flexibility index (Phi) is 9.60. The highest BCUT2D eigenvalue weighted by Crippen LogP contribution is 2.54. The number of fused-ring (bicyclic) bond motifs is 3. The van der Waals surface area contributed by atoms with Gasteiger partial charge in [-0.2, -0.15) is 0 Å². The fourth-order valence-electron chi connectivity index (χ4n) is 6.89. The number of unbranched alkanes of at least 4 members (excludes halogenated alkanes) is 6. The van der Waals surface area contributed by atoms with E-state index in [1.807, 2.05) is 0 Å². The summed E-state index contributed by atoms with van der Waals surface area (Å²) in [6.07, 6.45) is 15.3. The van der Waals surface area contributed by atoms with E-state index in [2.05, 4.69) is 125 Å². The number of benzene rings is 4. The van der Waals surface area contributed by atoms with Gasteiger partial charge in [0.05, 0.1) is 0 Å². The van der Waals surface area contributed by atoms with Gasteiger partial charge < -0.3 is 0 Å². The first-order valence-corrected chi connectivity index (χ1v) is 16.2. The zero-order valence-electron chi connectivity index (χ0n) is 25.8. The lowest BCUT2D eigenvalue weighted by molar-refractivity contribution is 0.401. The van der Waals surface area contributed by atoms with E-state index in [0.29, 0.717) is 0 Å². The molecule has 0 saturated heterocycles. The van der Waals surface area contributed by atoms with Crippen molar-refractivity contribution in [2.24, 2.45) is 0 Å². The summed E-state index contributed by atoms with van der Waals surface area (Å²) in [6, 6.07) is 34.7. The minimum Gasteiger partial charge on any atom is -0.0654 e. The SMILES string of the molecule is CCCCCCC1(CCCCCC)c2ccccc2-c2ccc(/C(=C\c3ccc(C)cc3)c3ccc(C)cc3)cc21. The predicted molar refractivity (Wildman–Crippen MR) is 180 cm³/mol. The third-order valence-electron chi connectivity index (χ3n) is 9.24. The Hall–Kier alpha value is -3.38. The summed E-state index contributed by atoms with van der Waals surface area (Å²) >= 11 is 0. The van der Waals surface area contributed by atoms with Crippen LogP contribution in [-0.4, -0.2) is 0 Å². The highest BCUT2D eigenvalue weighted by molar-refractivity contribution is 5.93. The van der Waals surface area contributed by atoms with Gasteiger partial charge in [-0.25, -0.2) is 0 Å². The van der Waals surface area contributed by atoms with Gasteiger partial charge in [-0.1, -0.05) is 161 Å². The minimum absolute atomic E-state index is 0.103. The van der Waals surface area contributed by atoms with Crippen LogP contribution >= 0.6 is 0 Å². The lowest BCUT2D eigenvalue weighted by Gasteiger charge is -2.33. The molecule has 0 unspecified atom stereocenters. The quantitative estimate of drug-likeness (QED) is 0.117. The van der Waals surface area contributed by atoms with Crippen LogP contribution in [0.5, 0.6) is 0 Å². The van der Waals surface area contributed by atoms with E-state index in [9.17, 15) is 0 Å². The second-order valence-electron chi connectivity index (χ2n) is 12.3. The van der Waals surface area contributed by atoms with Crippen molar-refractivity contribution in [1.29, 1.82) is 0 Å². The van der Waals surface area contributed by atoms with Gasteiger partial charge in [-0.15, -0.1) is 0 Å². The molecule has 0 N–H and O–H groups in total. The second kappa shape index (κ2) is 13.5. The van der Waals surface area contributed by atoms with E-state index in [0.717, 1.165) is 0 Å². The molecule has 0 spiro atoms. The molecule has 0 nitrogen and oxygen atoms in total. The monoisotopic (exact) mass is 540 g/mol. The summed E-state index contributed by atoms with van der Waals surface area (Å²) in [5, 5.41) is 0. The third-order valence-corrected chi connectivity index (χ3v) is 9.24. The van der Waals surface area contributed by atoms with Crippen molar-refractivity contribution in [3.05, 3.63) is 130 Å². The lowest BCUT2D eigenvalue weighted by Crippen LogP contribution is -2.25. The van der Waals surface area contributed by atoms with Crippen LogP contribution in [0, 0.1) is 13.8 Å².